The van der Waals surface area contributed by atoms with Crippen molar-refractivity contribution < 1.29 is 31.9 Å². The molecule has 0 aliphatic carbocycles. The third-order valence-electron chi connectivity index (χ3n) is 5.24. The van der Waals surface area contributed by atoms with E-state index in [0.717, 1.165) is 4.90 Å². The van der Waals surface area contributed by atoms with E-state index in [1.807, 2.05) is 0 Å². The third kappa shape index (κ3) is 5.85. The number of hydrogen-bond donors (Lipinski definition) is 0. The van der Waals surface area contributed by atoms with Crippen LogP contribution in [0.3, 0.4) is 0 Å². The monoisotopic (exact) mass is 638 g/mol. The molecule has 2 amide bonds. The topological polar surface area (TPSA) is 133 Å². The Morgan fingerprint density at radius 3 is 2.47 bits per heavy atom. The van der Waals surface area contributed by atoms with Crippen LogP contribution < -0.4 is 8.92 Å². The summed E-state index contributed by atoms with van der Waals surface area (Å²) in [5, 5.41) is 11.1. The molecule has 196 valence electrons. The number of hydrogen-bond acceptors (Lipinski definition) is 9. The number of halogens is 2. The maximum Gasteiger partial charge on any atom is 0.339 e. The highest BCUT2D eigenvalue weighted by atomic mass is 79.9. The van der Waals surface area contributed by atoms with E-state index in [2.05, 4.69) is 15.9 Å². The Morgan fingerprint density at radius 2 is 1.82 bits per heavy atom. The highest BCUT2D eigenvalue weighted by molar-refractivity contribution is 9.10. The number of methoxy groups -OCH3 is 1. The first kappa shape index (κ1) is 27.6. The number of carbonyl (C=O) groups is 2. The van der Waals surface area contributed by atoms with Gasteiger partial charge in [0, 0.05) is 16.7 Å². The molecule has 38 heavy (non-hydrogen) atoms. The van der Waals surface area contributed by atoms with Crippen LogP contribution in [-0.2, 0) is 21.5 Å². The highest BCUT2D eigenvalue weighted by Gasteiger charge is 2.36. The zero-order valence-electron chi connectivity index (χ0n) is 19.3. The maximum atomic E-state index is 13.0. The van der Waals surface area contributed by atoms with Crippen LogP contribution in [0.1, 0.15) is 11.1 Å². The van der Waals surface area contributed by atoms with Crippen LogP contribution in [0.2, 0.25) is 5.02 Å². The van der Waals surface area contributed by atoms with Gasteiger partial charge in [0.05, 0.1) is 28.0 Å². The molecule has 1 aliphatic rings. The van der Waals surface area contributed by atoms with E-state index in [-0.39, 0.29) is 43.6 Å². The predicted octanol–water partition coefficient (Wildman–Crippen LogP) is 6.02. The van der Waals surface area contributed by atoms with Crippen molar-refractivity contribution in [1.29, 1.82) is 0 Å². The summed E-state index contributed by atoms with van der Waals surface area (Å²) in [6.07, 6.45) is 1.43. The summed E-state index contributed by atoms with van der Waals surface area (Å²) < 4.78 is 36.3. The molecular formula is C24H16BrClN2O8S2. The molecule has 10 nitrogen and oxygen atoms in total. The van der Waals surface area contributed by atoms with Gasteiger partial charge in [-0.25, -0.2) is 0 Å². The van der Waals surface area contributed by atoms with Gasteiger partial charge in [-0.1, -0.05) is 29.8 Å². The zero-order valence-corrected chi connectivity index (χ0v) is 23.3. The van der Waals surface area contributed by atoms with Gasteiger partial charge in [-0.2, -0.15) is 8.42 Å². The third-order valence-corrected chi connectivity index (χ3v) is 8.22. The lowest BCUT2D eigenvalue weighted by molar-refractivity contribution is -0.385. The predicted molar refractivity (Wildman–Crippen MR) is 145 cm³/mol. The minimum Gasteiger partial charge on any atom is -0.493 e. The molecule has 0 bridgehead atoms. The molecule has 1 aliphatic heterocycles. The molecular weight excluding hydrogens is 624 g/mol. The number of nitro groups is 1. The quantitative estimate of drug-likeness (QED) is 0.125. The number of thioether (sulfide) groups is 1. The first-order valence-electron chi connectivity index (χ1n) is 10.6. The lowest BCUT2D eigenvalue weighted by atomic mass is 10.1. The fourth-order valence-electron chi connectivity index (χ4n) is 3.44. The summed E-state index contributed by atoms with van der Waals surface area (Å²) in [5.41, 5.74) is 0.420. The number of amides is 2. The average Bonchev–Trinajstić information content (AvgIpc) is 3.13. The Balaban J connectivity index is 1.61. The van der Waals surface area contributed by atoms with E-state index >= 15 is 0 Å². The van der Waals surface area contributed by atoms with Gasteiger partial charge in [0.25, 0.3) is 16.8 Å². The Bertz CT molecular complexity index is 1590. The van der Waals surface area contributed by atoms with Gasteiger partial charge in [-0.15, -0.1) is 0 Å². The van der Waals surface area contributed by atoms with Crippen molar-refractivity contribution in [1.82, 2.24) is 4.90 Å². The summed E-state index contributed by atoms with van der Waals surface area (Å²) in [7, 11) is -2.91. The average molecular weight is 640 g/mol. The van der Waals surface area contributed by atoms with E-state index in [4.69, 9.17) is 20.5 Å². The lowest BCUT2D eigenvalue weighted by Crippen LogP contribution is -2.27. The van der Waals surface area contributed by atoms with Crippen molar-refractivity contribution in [2.45, 2.75) is 11.4 Å². The summed E-state index contributed by atoms with van der Waals surface area (Å²) >= 11 is 9.78. The summed E-state index contributed by atoms with van der Waals surface area (Å²) in [6, 6.07) is 14.2. The summed E-state index contributed by atoms with van der Waals surface area (Å²) in [4.78, 5) is 37.1. The van der Waals surface area contributed by atoms with Crippen LogP contribution >= 0.6 is 39.3 Å². The van der Waals surface area contributed by atoms with E-state index in [0.29, 0.717) is 22.3 Å². The number of imide groups is 1. The fraction of sp³-hybridized carbons (Fsp3) is 0.0833. The van der Waals surface area contributed by atoms with Crippen molar-refractivity contribution in [3.05, 3.63) is 96.3 Å². The van der Waals surface area contributed by atoms with E-state index < -0.39 is 26.2 Å². The Labute approximate surface area is 234 Å². The number of carbonyl (C=O) groups excluding carboxylic acids is 2. The molecule has 1 fully saturated rings. The highest BCUT2D eigenvalue weighted by Crippen LogP contribution is 2.41. The first-order valence-corrected chi connectivity index (χ1v) is 13.9. The Hall–Kier alpha value is -3.39. The van der Waals surface area contributed by atoms with Crippen molar-refractivity contribution in [3.63, 3.8) is 0 Å². The minimum absolute atomic E-state index is 0.0438. The Kier molecular flexibility index (Phi) is 8.11. The molecule has 4 rings (SSSR count). The minimum atomic E-state index is -4.22. The van der Waals surface area contributed by atoms with Crippen LogP contribution in [0, 0.1) is 10.1 Å². The van der Waals surface area contributed by atoms with Crippen LogP contribution in [0.5, 0.6) is 11.5 Å². The molecule has 0 N–H and O–H groups in total. The second kappa shape index (κ2) is 11.2. The molecule has 0 atom stereocenters. The second-order valence-electron chi connectivity index (χ2n) is 7.68. The van der Waals surface area contributed by atoms with Crippen LogP contribution in [0.4, 0.5) is 10.5 Å². The van der Waals surface area contributed by atoms with Crippen molar-refractivity contribution in [2.75, 3.05) is 7.11 Å². The number of rotatable bonds is 8. The standard InChI is InChI=1S/C24H16BrClN2O8S2/c1-35-20-11-14(10-18(25)22(20)36-38(33,34)17-8-6-16(26)7-9-17)12-21-23(29)27(24(30)37-21)13-15-4-2-3-5-19(15)28(31)32/h2-12H,13H2,1H3/b21-12-. The first-order chi connectivity index (χ1) is 18.0. The van der Waals surface area contributed by atoms with Crippen LogP contribution in [0.25, 0.3) is 6.08 Å². The van der Waals surface area contributed by atoms with Crippen molar-refractivity contribution in [2.24, 2.45) is 0 Å². The van der Waals surface area contributed by atoms with Gasteiger partial charge in [0.1, 0.15) is 4.90 Å². The SMILES string of the molecule is COc1cc(/C=C2\SC(=O)N(Cc3ccccc3[N+](=O)[O-])C2=O)cc(Br)c1OS(=O)(=O)c1ccc(Cl)cc1. The van der Waals surface area contributed by atoms with Crippen molar-refractivity contribution >= 4 is 72.3 Å². The van der Waals surface area contributed by atoms with Gasteiger partial charge in [-0.05, 0) is 75.7 Å². The normalized spacial score (nSPS) is 14.7. The molecule has 14 heteroatoms. The van der Waals surface area contributed by atoms with Gasteiger partial charge >= 0.3 is 10.1 Å². The van der Waals surface area contributed by atoms with E-state index in [1.54, 1.807) is 6.07 Å². The number of nitro benzene ring substituents is 1. The molecule has 0 spiro atoms. The largest absolute Gasteiger partial charge is 0.493 e. The number of para-hydroxylation sites is 1. The smallest absolute Gasteiger partial charge is 0.339 e. The van der Waals surface area contributed by atoms with Crippen LogP contribution in [-0.4, -0.2) is 36.5 Å². The number of benzene rings is 3. The fourth-order valence-corrected chi connectivity index (χ4v) is 6.01. The molecule has 3 aromatic rings. The Morgan fingerprint density at radius 1 is 1.13 bits per heavy atom. The molecule has 1 heterocycles. The second-order valence-corrected chi connectivity index (χ2v) is 11.5. The van der Waals surface area contributed by atoms with Gasteiger partial charge < -0.3 is 8.92 Å². The van der Waals surface area contributed by atoms with E-state index in [1.165, 1.54) is 67.8 Å². The summed E-state index contributed by atoms with van der Waals surface area (Å²) in [5.74, 6) is -0.703. The zero-order chi connectivity index (χ0) is 27.6. The molecule has 0 unspecified atom stereocenters. The number of ether oxygens (including phenoxy) is 1. The number of nitrogens with zero attached hydrogens (tertiary/aromatic N) is 2. The van der Waals surface area contributed by atoms with Gasteiger partial charge in [0.2, 0.25) is 0 Å². The molecule has 0 radical (unpaired) electrons. The van der Waals surface area contributed by atoms with E-state index in [9.17, 15) is 28.1 Å². The molecule has 0 saturated carbocycles. The maximum absolute atomic E-state index is 13.0. The summed E-state index contributed by atoms with van der Waals surface area (Å²) in [6.45, 7) is -0.262. The van der Waals surface area contributed by atoms with Crippen LogP contribution in [0.15, 0.2) is 74.9 Å². The van der Waals surface area contributed by atoms with Crippen molar-refractivity contribution in [3.8, 4) is 11.5 Å². The molecule has 3 aromatic carbocycles. The van der Waals surface area contributed by atoms with Gasteiger partial charge in [-0.3, -0.25) is 24.6 Å². The molecule has 0 aromatic heterocycles. The molecule has 1 saturated heterocycles. The lowest BCUT2D eigenvalue weighted by Gasteiger charge is -2.14. The van der Waals surface area contributed by atoms with Gasteiger partial charge in [0.15, 0.2) is 11.5 Å².